The number of nitrogens with zero attached hydrogens (tertiary/aromatic N) is 2. The highest BCUT2D eigenvalue weighted by molar-refractivity contribution is 7.09. The van der Waals surface area contributed by atoms with E-state index in [1.807, 2.05) is 40.6 Å². The first kappa shape index (κ1) is 16.7. The van der Waals surface area contributed by atoms with Gasteiger partial charge in [-0.2, -0.15) is 0 Å². The molecule has 1 N–H and O–H groups in total. The topological polar surface area (TPSA) is 66.1 Å². The molecule has 5 nitrogen and oxygen atoms in total. The van der Waals surface area contributed by atoms with Crippen molar-refractivity contribution < 1.29 is 4.79 Å². The Morgan fingerprint density at radius 3 is 2.73 bits per heavy atom. The molecule has 4 rings (SSSR count). The van der Waals surface area contributed by atoms with E-state index < -0.39 is 0 Å². The number of piperidine rings is 1. The average molecular weight is 365 g/mol. The fraction of sp³-hybridized carbons (Fsp3) is 0.250. The number of thiazole rings is 1. The van der Waals surface area contributed by atoms with Crippen LogP contribution in [0.5, 0.6) is 0 Å². The van der Waals surface area contributed by atoms with Gasteiger partial charge in [-0.05, 0) is 43.0 Å². The zero-order valence-corrected chi connectivity index (χ0v) is 15.0. The highest BCUT2D eigenvalue weighted by Gasteiger charge is 2.30. The molecule has 0 spiro atoms. The first-order valence-electron chi connectivity index (χ1n) is 8.72. The molecule has 1 atom stereocenters. The molecule has 0 radical (unpaired) electrons. The maximum absolute atomic E-state index is 13.1. The van der Waals surface area contributed by atoms with Gasteiger partial charge in [-0.15, -0.1) is 11.3 Å². The van der Waals surface area contributed by atoms with Crippen LogP contribution in [0.2, 0.25) is 0 Å². The molecule has 1 aliphatic heterocycles. The number of carbonyl (C=O) groups excluding carboxylic acids is 1. The largest absolute Gasteiger partial charge is 0.329 e. The summed E-state index contributed by atoms with van der Waals surface area (Å²) >= 11 is 1.61. The molecule has 6 heteroatoms. The van der Waals surface area contributed by atoms with E-state index in [0.717, 1.165) is 42.1 Å². The minimum atomic E-state index is -0.137. The molecule has 3 heterocycles. The van der Waals surface area contributed by atoms with E-state index in [1.165, 1.54) is 6.07 Å². The van der Waals surface area contributed by atoms with E-state index in [9.17, 15) is 9.59 Å². The number of carbonyl (C=O) groups is 1. The maximum Gasteiger partial charge on any atom is 0.254 e. The second-order valence-corrected chi connectivity index (χ2v) is 7.31. The number of aromatic amines is 1. The van der Waals surface area contributed by atoms with Crippen LogP contribution in [-0.2, 0) is 0 Å². The molecule has 2 aromatic heterocycles. The van der Waals surface area contributed by atoms with E-state index in [4.69, 9.17) is 0 Å². The second-order valence-electron chi connectivity index (χ2n) is 6.39. The average Bonchev–Trinajstić information content (AvgIpc) is 3.22. The minimum Gasteiger partial charge on any atom is -0.329 e. The Hall–Kier alpha value is -2.73. The highest BCUT2D eigenvalue weighted by atomic mass is 32.1. The normalized spacial score (nSPS) is 17.2. The molecule has 0 saturated carbocycles. The summed E-state index contributed by atoms with van der Waals surface area (Å²) in [6, 6.07) is 12.5. The Bertz CT molecular complexity index is 948. The van der Waals surface area contributed by atoms with E-state index in [-0.39, 0.29) is 17.5 Å². The van der Waals surface area contributed by atoms with Crippen molar-refractivity contribution in [2.75, 3.05) is 6.54 Å². The molecular weight excluding hydrogens is 346 g/mol. The van der Waals surface area contributed by atoms with Crippen LogP contribution in [0.1, 0.15) is 40.7 Å². The molecule has 0 unspecified atom stereocenters. The predicted molar refractivity (Wildman–Crippen MR) is 102 cm³/mol. The van der Waals surface area contributed by atoms with Crippen molar-refractivity contribution in [1.29, 1.82) is 0 Å². The summed E-state index contributed by atoms with van der Waals surface area (Å²) in [7, 11) is 0. The van der Waals surface area contributed by atoms with Crippen LogP contribution in [-0.4, -0.2) is 27.3 Å². The fourth-order valence-electron chi connectivity index (χ4n) is 3.40. The van der Waals surface area contributed by atoms with Crippen molar-refractivity contribution in [2.24, 2.45) is 0 Å². The van der Waals surface area contributed by atoms with Gasteiger partial charge in [0.05, 0.1) is 6.04 Å². The number of hydrogen-bond donors (Lipinski definition) is 1. The lowest BCUT2D eigenvalue weighted by molar-refractivity contribution is 0.0611. The summed E-state index contributed by atoms with van der Waals surface area (Å²) in [6.45, 7) is 0.761. The van der Waals surface area contributed by atoms with Gasteiger partial charge < -0.3 is 9.88 Å². The van der Waals surface area contributed by atoms with Crippen molar-refractivity contribution in [3.8, 4) is 11.3 Å². The van der Waals surface area contributed by atoms with E-state index in [1.54, 1.807) is 23.6 Å². The van der Waals surface area contributed by atoms with Crippen LogP contribution in [0.3, 0.4) is 0 Å². The summed E-state index contributed by atoms with van der Waals surface area (Å²) in [5, 5.41) is 2.97. The monoisotopic (exact) mass is 365 g/mol. The number of nitrogens with one attached hydrogen (secondary N) is 1. The van der Waals surface area contributed by atoms with Crippen LogP contribution in [0.25, 0.3) is 11.3 Å². The second kappa shape index (κ2) is 7.25. The van der Waals surface area contributed by atoms with Crippen molar-refractivity contribution in [2.45, 2.75) is 25.3 Å². The number of benzene rings is 1. The van der Waals surface area contributed by atoms with Gasteiger partial charge in [0.25, 0.3) is 5.91 Å². The highest BCUT2D eigenvalue weighted by Crippen LogP contribution is 2.33. The van der Waals surface area contributed by atoms with Crippen molar-refractivity contribution in [1.82, 2.24) is 14.9 Å². The minimum absolute atomic E-state index is 0.0398. The number of pyridine rings is 1. The number of aromatic nitrogens is 2. The third kappa shape index (κ3) is 3.32. The Morgan fingerprint density at radius 1 is 1.15 bits per heavy atom. The lowest BCUT2D eigenvalue weighted by Crippen LogP contribution is -2.38. The molecule has 132 valence electrons. The lowest BCUT2D eigenvalue weighted by Gasteiger charge is -2.34. The third-order valence-corrected chi connectivity index (χ3v) is 5.59. The van der Waals surface area contributed by atoms with Gasteiger partial charge >= 0.3 is 0 Å². The molecule has 1 aromatic carbocycles. The summed E-state index contributed by atoms with van der Waals surface area (Å²) in [4.78, 5) is 33.7. The molecule has 1 aliphatic rings. The van der Waals surface area contributed by atoms with Gasteiger partial charge in [0.2, 0.25) is 5.56 Å². The Morgan fingerprint density at radius 2 is 2.00 bits per heavy atom. The Balaban J connectivity index is 1.58. The maximum atomic E-state index is 13.1. The van der Waals surface area contributed by atoms with Crippen LogP contribution >= 0.6 is 11.3 Å². The number of amides is 1. The quantitative estimate of drug-likeness (QED) is 0.766. The van der Waals surface area contributed by atoms with E-state index in [2.05, 4.69) is 9.97 Å². The van der Waals surface area contributed by atoms with Gasteiger partial charge in [-0.25, -0.2) is 4.98 Å². The number of H-pyrrole nitrogens is 1. The van der Waals surface area contributed by atoms with Gasteiger partial charge in [-0.3, -0.25) is 9.59 Å². The number of likely N-dealkylation sites (tertiary alicyclic amines) is 1. The zero-order valence-electron chi connectivity index (χ0n) is 14.2. The van der Waals surface area contributed by atoms with Crippen LogP contribution < -0.4 is 5.56 Å². The van der Waals surface area contributed by atoms with Crippen LogP contribution in [0.15, 0.2) is 58.8 Å². The van der Waals surface area contributed by atoms with Crippen molar-refractivity contribution in [3.63, 3.8) is 0 Å². The molecule has 1 saturated heterocycles. The molecule has 0 aliphatic carbocycles. The molecule has 26 heavy (non-hydrogen) atoms. The molecule has 1 amide bonds. The first-order valence-corrected chi connectivity index (χ1v) is 9.60. The van der Waals surface area contributed by atoms with E-state index >= 15 is 0 Å². The number of rotatable bonds is 3. The van der Waals surface area contributed by atoms with Gasteiger partial charge in [0.1, 0.15) is 5.01 Å². The Kier molecular flexibility index (Phi) is 4.67. The van der Waals surface area contributed by atoms with Crippen molar-refractivity contribution in [3.05, 3.63) is 75.0 Å². The fourth-order valence-corrected chi connectivity index (χ4v) is 4.19. The van der Waals surface area contributed by atoms with Gasteiger partial charge in [0, 0.05) is 35.4 Å². The Labute approximate surface area is 155 Å². The summed E-state index contributed by atoms with van der Waals surface area (Å²) in [5.41, 5.74) is 2.15. The van der Waals surface area contributed by atoms with Crippen molar-refractivity contribution >= 4 is 17.2 Å². The molecule has 3 aromatic rings. The summed E-state index contributed by atoms with van der Waals surface area (Å²) in [6.07, 6.45) is 4.90. The van der Waals surface area contributed by atoms with Gasteiger partial charge in [0.15, 0.2) is 0 Å². The summed E-state index contributed by atoms with van der Waals surface area (Å²) < 4.78 is 0. The number of hydrogen-bond acceptors (Lipinski definition) is 4. The third-order valence-electron chi connectivity index (χ3n) is 4.71. The van der Waals surface area contributed by atoms with Gasteiger partial charge in [-0.1, -0.05) is 18.2 Å². The van der Waals surface area contributed by atoms with Crippen LogP contribution in [0.4, 0.5) is 0 Å². The first-order chi connectivity index (χ1) is 12.7. The SMILES string of the molecule is O=C(c1ccc(-c2cccc(=O)[nH]2)cc1)N1CCCC[C@H]1c1nccs1. The zero-order chi connectivity index (χ0) is 17.9. The van der Waals surface area contributed by atoms with Crippen LogP contribution in [0, 0.1) is 0 Å². The standard InChI is InChI=1S/C20H19N3O2S/c24-18-6-3-4-16(22-18)14-7-9-15(10-8-14)20(25)23-12-2-1-5-17(23)19-21-11-13-26-19/h3-4,6-11,13,17H,1-2,5,12H2,(H,22,24)/t17-/m0/s1. The molecular formula is C20H19N3O2S. The van der Waals surface area contributed by atoms with E-state index in [0.29, 0.717) is 5.56 Å². The molecule has 1 fully saturated rings. The summed E-state index contributed by atoms with van der Waals surface area (Å²) in [5.74, 6) is 0.0398. The predicted octanol–water partition coefficient (Wildman–Crippen LogP) is 3.87. The molecule has 0 bridgehead atoms. The lowest BCUT2D eigenvalue weighted by atomic mass is 10.0. The smallest absolute Gasteiger partial charge is 0.254 e.